The second-order valence-electron chi connectivity index (χ2n) is 8.08. The van der Waals surface area contributed by atoms with Crippen molar-refractivity contribution in [2.45, 2.75) is 31.0 Å². The number of para-hydroxylation sites is 1. The lowest BCUT2D eigenvalue weighted by Gasteiger charge is -2.24. The van der Waals surface area contributed by atoms with Crippen LogP contribution in [0.25, 0.3) is 0 Å². The van der Waals surface area contributed by atoms with Gasteiger partial charge in [-0.1, -0.05) is 24.3 Å². The highest BCUT2D eigenvalue weighted by atomic mass is 32.2. The lowest BCUT2D eigenvalue weighted by atomic mass is 10.1. The van der Waals surface area contributed by atoms with E-state index in [2.05, 4.69) is 9.97 Å². The average Bonchev–Trinajstić information content (AvgIpc) is 3.55. The van der Waals surface area contributed by atoms with Crippen molar-refractivity contribution in [3.63, 3.8) is 0 Å². The van der Waals surface area contributed by atoms with Crippen LogP contribution in [0.4, 0.5) is 5.69 Å². The molecule has 0 bridgehead atoms. The topological polar surface area (TPSA) is 95.6 Å². The third kappa shape index (κ3) is 4.13. The van der Waals surface area contributed by atoms with Crippen molar-refractivity contribution in [3.05, 3.63) is 72.2 Å². The molecule has 1 aromatic heterocycles. The number of sulfonamides is 1. The molecule has 1 fully saturated rings. The van der Waals surface area contributed by atoms with Gasteiger partial charge in [0.2, 0.25) is 5.91 Å². The molecule has 3 aromatic rings. The van der Waals surface area contributed by atoms with Gasteiger partial charge in [-0.05, 0) is 42.7 Å². The number of hydrogen-bond acceptors (Lipinski definition) is 5. The summed E-state index contributed by atoms with van der Waals surface area (Å²) in [6, 6.07) is 15.4. The van der Waals surface area contributed by atoms with Crippen molar-refractivity contribution in [1.29, 1.82) is 0 Å². The van der Waals surface area contributed by atoms with Crippen LogP contribution in [0.15, 0.2) is 66.1 Å². The molecule has 2 aromatic carbocycles. The molecule has 1 aliphatic carbocycles. The largest absolute Gasteiger partial charge is 0.492 e. The maximum absolute atomic E-state index is 13.0. The van der Waals surface area contributed by atoms with Crippen molar-refractivity contribution in [2.75, 3.05) is 18.1 Å². The Kier molecular flexibility index (Phi) is 5.44. The SMILES string of the molecule is O=C(C1CC1)N(Cc1ccc2c(c1)CN(S(=O)(=O)c1cnc[nH]1)CCO2)c1ccccc1. The number of anilines is 1. The van der Waals surface area contributed by atoms with Crippen molar-refractivity contribution in [3.8, 4) is 5.75 Å². The van der Waals surface area contributed by atoms with Gasteiger partial charge in [-0.15, -0.1) is 0 Å². The van der Waals surface area contributed by atoms with Crippen molar-refractivity contribution < 1.29 is 17.9 Å². The van der Waals surface area contributed by atoms with E-state index in [4.69, 9.17) is 4.74 Å². The first kappa shape index (κ1) is 20.7. The number of nitrogens with one attached hydrogen (secondary N) is 1. The molecule has 1 aliphatic heterocycles. The fraction of sp³-hybridized carbons (Fsp3) is 0.304. The average molecular weight is 453 g/mol. The van der Waals surface area contributed by atoms with E-state index in [0.29, 0.717) is 12.3 Å². The van der Waals surface area contributed by atoms with E-state index in [1.807, 2.05) is 53.4 Å². The number of ether oxygens (including phenoxy) is 1. The normalized spacial score (nSPS) is 16.6. The van der Waals surface area contributed by atoms with Crippen LogP contribution in [0, 0.1) is 5.92 Å². The Morgan fingerprint density at radius 3 is 2.72 bits per heavy atom. The zero-order chi connectivity index (χ0) is 22.1. The number of amides is 1. The van der Waals surface area contributed by atoms with Crippen molar-refractivity contribution in [2.24, 2.45) is 5.92 Å². The summed E-state index contributed by atoms with van der Waals surface area (Å²) in [6.45, 7) is 1.10. The monoisotopic (exact) mass is 452 g/mol. The zero-order valence-electron chi connectivity index (χ0n) is 17.5. The molecule has 2 heterocycles. The molecular weight excluding hydrogens is 428 g/mol. The lowest BCUT2D eigenvalue weighted by molar-refractivity contribution is -0.119. The number of aromatic nitrogens is 2. The van der Waals surface area contributed by atoms with Crippen LogP contribution in [0.3, 0.4) is 0 Å². The highest BCUT2D eigenvalue weighted by molar-refractivity contribution is 7.89. The van der Waals surface area contributed by atoms with E-state index in [0.717, 1.165) is 29.7 Å². The molecule has 0 saturated heterocycles. The molecule has 9 heteroatoms. The molecule has 1 amide bonds. The minimum atomic E-state index is -3.71. The molecular formula is C23H24N4O4S. The maximum atomic E-state index is 13.0. The molecule has 0 spiro atoms. The van der Waals surface area contributed by atoms with Crippen LogP contribution in [-0.4, -0.2) is 41.7 Å². The van der Waals surface area contributed by atoms with Crippen LogP contribution in [0.5, 0.6) is 5.75 Å². The molecule has 32 heavy (non-hydrogen) atoms. The highest BCUT2D eigenvalue weighted by Gasteiger charge is 2.34. The van der Waals surface area contributed by atoms with E-state index in [-0.39, 0.29) is 36.5 Å². The summed E-state index contributed by atoms with van der Waals surface area (Å²) in [5.41, 5.74) is 2.56. The summed E-state index contributed by atoms with van der Waals surface area (Å²) in [4.78, 5) is 21.3. The summed E-state index contributed by atoms with van der Waals surface area (Å²) in [7, 11) is -3.71. The van der Waals surface area contributed by atoms with Crippen molar-refractivity contribution in [1.82, 2.24) is 14.3 Å². The summed E-state index contributed by atoms with van der Waals surface area (Å²) in [6.07, 6.45) is 4.52. The molecule has 1 saturated carbocycles. The second kappa shape index (κ2) is 8.40. The van der Waals surface area contributed by atoms with E-state index >= 15 is 0 Å². The summed E-state index contributed by atoms with van der Waals surface area (Å²) in [5, 5.41) is 0.0578. The Morgan fingerprint density at radius 2 is 2.00 bits per heavy atom. The molecule has 5 rings (SSSR count). The Morgan fingerprint density at radius 1 is 1.19 bits per heavy atom. The predicted octanol–water partition coefficient (Wildman–Crippen LogP) is 2.94. The fourth-order valence-corrected chi connectivity index (χ4v) is 5.19. The number of carbonyl (C=O) groups excluding carboxylic acids is 1. The van der Waals surface area contributed by atoms with Crippen LogP contribution in [0.1, 0.15) is 24.0 Å². The van der Waals surface area contributed by atoms with E-state index in [9.17, 15) is 13.2 Å². The quantitative estimate of drug-likeness (QED) is 0.620. The number of carbonyl (C=O) groups is 1. The van der Waals surface area contributed by atoms with Gasteiger partial charge >= 0.3 is 0 Å². The van der Waals surface area contributed by atoms with Gasteiger partial charge in [0.15, 0.2) is 5.03 Å². The number of aromatic amines is 1. The minimum absolute atomic E-state index is 0.0578. The number of imidazole rings is 1. The summed E-state index contributed by atoms with van der Waals surface area (Å²) >= 11 is 0. The second-order valence-corrected chi connectivity index (χ2v) is 9.99. The molecule has 2 aliphatic rings. The molecule has 0 atom stereocenters. The number of nitrogens with zero attached hydrogens (tertiary/aromatic N) is 3. The third-order valence-corrected chi connectivity index (χ3v) is 7.53. The third-order valence-electron chi connectivity index (χ3n) is 5.76. The van der Waals surface area contributed by atoms with Gasteiger partial charge in [-0.2, -0.15) is 4.31 Å². The standard InChI is InChI=1S/C23H24N4O4S/c28-23(18-7-8-18)27(20-4-2-1-3-5-20)14-17-6-9-21-19(12-17)15-26(10-11-31-21)32(29,30)22-13-24-16-25-22/h1-6,9,12-13,16,18H,7-8,10-11,14-15H2,(H,24,25). The van der Waals surface area contributed by atoms with Gasteiger partial charge in [0.1, 0.15) is 12.4 Å². The van der Waals surface area contributed by atoms with Crippen LogP contribution in [-0.2, 0) is 27.9 Å². The van der Waals surface area contributed by atoms with Gasteiger partial charge in [0.05, 0.1) is 19.1 Å². The number of benzene rings is 2. The summed E-state index contributed by atoms with van der Waals surface area (Å²) in [5.74, 6) is 0.885. The number of rotatable bonds is 6. The van der Waals surface area contributed by atoms with Gasteiger partial charge in [-0.3, -0.25) is 4.79 Å². The maximum Gasteiger partial charge on any atom is 0.260 e. The van der Waals surface area contributed by atoms with Crippen LogP contribution in [0.2, 0.25) is 0 Å². The summed E-state index contributed by atoms with van der Waals surface area (Å²) < 4.78 is 33.2. The Labute approximate surface area is 186 Å². The van der Waals surface area contributed by atoms with E-state index in [1.54, 1.807) is 0 Å². The van der Waals surface area contributed by atoms with Crippen molar-refractivity contribution >= 4 is 21.6 Å². The Hall–Kier alpha value is -3.17. The zero-order valence-corrected chi connectivity index (χ0v) is 18.3. The van der Waals surface area contributed by atoms with Gasteiger partial charge in [0, 0.05) is 30.3 Å². The molecule has 1 N–H and O–H groups in total. The fourth-order valence-electron chi connectivity index (χ4n) is 3.89. The number of H-pyrrole nitrogens is 1. The first-order valence-electron chi connectivity index (χ1n) is 10.6. The lowest BCUT2D eigenvalue weighted by Crippen LogP contribution is -2.33. The Bertz CT molecular complexity index is 1210. The van der Waals surface area contributed by atoms with Crippen LogP contribution < -0.4 is 9.64 Å². The first-order chi connectivity index (χ1) is 15.5. The van der Waals surface area contributed by atoms with E-state index < -0.39 is 10.0 Å². The van der Waals surface area contributed by atoms with Gasteiger partial charge in [-0.25, -0.2) is 13.4 Å². The minimum Gasteiger partial charge on any atom is -0.492 e. The highest BCUT2D eigenvalue weighted by Crippen LogP contribution is 2.34. The smallest absolute Gasteiger partial charge is 0.260 e. The molecule has 0 unspecified atom stereocenters. The van der Waals surface area contributed by atoms with E-state index in [1.165, 1.54) is 16.8 Å². The first-order valence-corrected chi connectivity index (χ1v) is 12.1. The Balaban J connectivity index is 1.42. The predicted molar refractivity (Wildman–Crippen MR) is 118 cm³/mol. The van der Waals surface area contributed by atoms with Crippen LogP contribution >= 0.6 is 0 Å². The van der Waals surface area contributed by atoms with Gasteiger partial charge < -0.3 is 14.6 Å². The van der Waals surface area contributed by atoms with Gasteiger partial charge in [0.25, 0.3) is 10.0 Å². The molecule has 0 radical (unpaired) electrons. The number of fused-ring (bicyclic) bond motifs is 1. The molecule has 166 valence electrons. The number of hydrogen-bond donors (Lipinski definition) is 1. The molecule has 8 nitrogen and oxygen atoms in total.